The number of aromatic nitrogens is 2. The molecule has 2 rings (SSSR count). The molecule has 0 radical (unpaired) electrons. The van der Waals surface area contributed by atoms with Gasteiger partial charge in [-0.15, -0.1) is 0 Å². The molecule has 0 unspecified atom stereocenters. The molecule has 2 N–H and O–H groups in total. The molecule has 0 aliphatic heterocycles. The molecule has 24 heavy (non-hydrogen) atoms. The van der Waals surface area contributed by atoms with Gasteiger partial charge in [-0.1, -0.05) is 44.2 Å². The van der Waals surface area contributed by atoms with Crippen LogP contribution in [0.25, 0.3) is 11.4 Å². The van der Waals surface area contributed by atoms with Crippen molar-refractivity contribution in [3.05, 3.63) is 42.1 Å². The van der Waals surface area contributed by atoms with Crippen molar-refractivity contribution in [1.82, 2.24) is 15.3 Å². The Morgan fingerprint density at radius 3 is 2.62 bits per heavy atom. The van der Waals surface area contributed by atoms with E-state index in [0.717, 1.165) is 12.1 Å². The van der Waals surface area contributed by atoms with Crippen LogP contribution < -0.4 is 10.6 Å². The van der Waals surface area contributed by atoms with Crippen LogP contribution in [0.3, 0.4) is 0 Å². The molecule has 0 bridgehead atoms. The number of carbonyl (C=O) groups excluding carboxylic acids is 1. The first-order valence-electron chi connectivity index (χ1n) is 8.05. The summed E-state index contributed by atoms with van der Waals surface area (Å²) in [6.45, 7) is 5.90. The number of anilines is 1. The predicted octanol–water partition coefficient (Wildman–Crippen LogP) is 2.59. The van der Waals surface area contributed by atoms with Crippen LogP contribution in [0.15, 0.2) is 36.4 Å². The number of hydrogen-bond acceptors (Lipinski definition) is 5. The topological polar surface area (TPSA) is 76.1 Å². The Bertz CT molecular complexity index is 659. The number of rotatable bonds is 8. The summed E-state index contributed by atoms with van der Waals surface area (Å²) in [6.07, 6.45) is 0. The van der Waals surface area contributed by atoms with Crippen molar-refractivity contribution in [2.45, 2.75) is 13.8 Å². The zero-order chi connectivity index (χ0) is 17.4. The van der Waals surface area contributed by atoms with E-state index in [1.54, 1.807) is 13.2 Å². The van der Waals surface area contributed by atoms with Crippen LogP contribution in [-0.2, 0) is 4.74 Å². The molecule has 2 aromatic rings. The van der Waals surface area contributed by atoms with Crippen LogP contribution in [0.1, 0.15) is 24.3 Å². The van der Waals surface area contributed by atoms with E-state index in [4.69, 9.17) is 4.74 Å². The quantitative estimate of drug-likeness (QED) is 0.729. The molecule has 0 saturated carbocycles. The standard InChI is InChI=1S/C18H24N4O2/c1-13(2)12-20-16-11-15(18(23)19-9-10-24-3)21-17(22-16)14-7-5-4-6-8-14/h4-8,11,13H,9-10,12H2,1-3H3,(H,19,23)(H,20,21,22). The van der Waals surface area contributed by atoms with Crippen LogP contribution >= 0.6 is 0 Å². The van der Waals surface area contributed by atoms with Gasteiger partial charge in [-0.3, -0.25) is 4.79 Å². The highest BCUT2D eigenvalue weighted by Gasteiger charge is 2.13. The Morgan fingerprint density at radius 2 is 1.96 bits per heavy atom. The molecule has 1 heterocycles. The van der Waals surface area contributed by atoms with Crippen molar-refractivity contribution in [2.24, 2.45) is 5.92 Å². The molecule has 1 amide bonds. The number of ether oxygens (including phenoxy) is 1. The van der Waals surface area contributed by atoms with E-state index in [1.165, 1.54) is 0 Å². The highest BCUT2D eigenvalue weighted by Crippen LogP contribution is 2.18. The predicted molar refractivity (Wildman–Crippen MR) is 95.0 cm³/mol. The van der Waals surface area contributed by atoms with Gasteiger partial charge in [-0.25, -0.2) is 9.97 Å². The summed E-state index contributed by atoms with van der Waals surface area (Å²) >= 11 is 0. The molecule has 1 aromatic carbocycles. The zero-order valence-corrected chi connectivity index (χ0v) is 14.4. The van der Waals surface area contributed by atoms with Crippen molar-refractivity contribution in [3.8, 4) is 11.4 Å². The largest absolute Gasteiger partial charge is 0.383 e. The fraction of sp³-hybridized carbons (Fsp3) is 0.389. The SMILES string of the molecule is COCCNC(=O)c1cc(NCC(C)C)nc(-c2ccccc2)n1. The summed E-state index contributed by atoms with van der Waals surface area (Å²) in [5.41, 5.74) is 1.21. The lowest BCUT2D eigenvalue weighted by Crippen LogP contribution is -2.28. The van der Waals surface area contributed by atoms with Crippen LogP contribution in [0.4, 0.5) is 5.82 Å². The Morgan fingerprint density at radius 1 is 1.21 bits per heavy atom. The average molecular weight is 328 g/mol. The first-order chi connectivity index (χ1) is 11.6. The van der Waals surface area contributed by atoms with E-state index in [-0.39, 0.29) is 5.91 Å². The molecule has 0 saturated heterocycles. The maximum atomic E-state index is 12.3. The molecular weight excluding hydrogens is 304 g/mol. The monoisotopic (exact) mass is 328 g/mol. The maximum Gasteiger partial charge on any atom is 0.270 e. The van der Waals surface area contributed by atoms with Gasteiger partial charge in [0, 0.05) is 31.8 Å². The lowest BCUT2D eigenvalue weighted by atomic mass is 10.2. The fourth-order valence-corrected chi connectivity index (χ4v) is 2.04. The normalized spacial score (nSPS) is 10.7. The van der Waals surface area contributed by atoms with E-state index in [1.807, 2.05) is 30.3 Å². The summed E-state index contributed by atoms with van der Waals surface area (Å²) < 4.78 is 4.95. The first kappa shape index (κ1) is 17.9. The van der Waals surface area contributed by atoms with Crippen molar-refractivity contribution >= 4 is 11.7 Å². The van der Waals surface area contributed by atoms with Gasteiger partial charge in [0.25, 0.3) is 5.91 Å². The third-order valence-corrected chi connectivity index (χ3v) is 3.27. The van der Waals surface area contributed by atoms with Crippen LogP contribution in [0, 0.1) is 5.92 Å². The van der Waals surface area contributed by atoms with Crippen molar-refractivity contribution in [2.75, 3.05) is 32.1 Å². The van der Waals surface area contributed by atoms with E-state index >= 15 is 0 Å². The summed E-state index contributed by atoms with van der Waals surface area (Å²) in [5, 5.41) is 6.05. The minimum absolute atomic E-state index is 0.237. The Hall–Kier alpha value is -2.47. The highest BCUT2D eigenvalue weighted by molar-refractivity contribution is 5.93. The van der Waals surface area contributed by atoms with Gasteiger partial charge >= 0.3 is 0 Å². The average Bonchev–Trinajstić information content (AvgIpc) is 2.60. The molecule has 0 aliphatic rings. The number of hydrogen-bond donors (Lipinski definition) is 2. The molecule has 0 aliphatic carbocycles. The summed E-state index contributed by atoms with van der Waals surface area (Å²) in [5.74, 6) is 1.41. The van der Waals surface area contributed by atoms with Crippen LogP contribution in [-0.4, -0.2) is 42.7 Å². The summed E-state index contributed by atoms with van der Waals surface area (Å²) in [4.78, 5) is 21.2. The summed E-state index contributed by atoms with van der Waals surface area (Å²) in [7, 11) is 1.60. The first-order valence-corrected chi connectivity index (χ1v) is 8.05. The second-order valence-corrected chi connectivity index (χ2v) is 5.85. The smallest absolute Gasteiger partial charge is 0.270 e. The third-order valence-electron chi connectivity index (χ3n) is 3.27. The Kier molecular flexibility index (Phi) is 6.69. The van der Waals surface area contributed by atoms with Gasteiger partial charge in [-0.2, -0.15) is 0 Å². The van der Waals surface area contributed by atoms with Gasteiger partial charge in [0.1, 0.15) is 11.5 Å². The van der Waals surface area contributed by atoms with Gasteiger partial charge in [0.2, 0.25) is 0 Å². The van der Waals surface area contributed by atoms with E-state index in [0.29, 0.717) is 36.4 Å². The fourth-order valence-electron chi connectivity index (χ4n) is 2.04. The van der Waals surface area contributed by atoms with Crippen molar-refractivity contribution < 1.29 is 9.53 Å². The van der Waals surface area contributed by atoms with Gasteiger partial charge in [0.05, 0.1) is 6.61 Å². The second-order valence-electron chi connectivity index (χ2n) is 5.85. The van der Waals surface area contributed by atoms with Crippen molar-refractivity contribution in [3.63, 3.8) is 0 Å². The lowest BCUT2D eigenvalue weighted by molar-refractivity contribution is 0.0932. The van der Waals surface area contributed by atoms with Gasteiger partial charge < -0.3 is 15.4 Å². The number of nitrogens with one attached hydrogen (secondary N) is 2. The minimum Gasteiger partial charge on any atom is -0.383 e. The van der Waals surface area contributed by atoms with E-state index in [9.17, 15) is 4.79 Å². The number of methoxy groups -OCH3 is 1. The number of nitrogens with zero attached hydrogens (tertiary/aromatic N) is 2. The van der Waals surface area contributed by atoms with Gasteiger partial charge in [-0.05, 0) is 5.92 Å². The van der Waals surface area contributed by atoms with Crippen LogP contribution in [0.2, 0.25) is 0 Å². The van der Waals surface area contributed by atoms with Crippen LogP contribution in [0.5, 0.6) is 0 Å². The second kappa shape index (κ2) is 8.98. The number of benzene rings is 1. The molecule has 1 aromatic heterocycles. The van der Waals surface area contributed by atoms with Gasteiger partial charge in [0.15, 0.2) is 5.82 Å². The molecule has 6 heteroatoms. The Balaban J connectivity index is 2.28. The third kappa shape index (κ3) is 5.31. The molecule has 128 valence electrons. The summed E-state index contributed by atoms with van der Waals surface area (Å²) in [6, 6.07) is 11.3. The van der Waals surface area contributed by atoms with Crippen molar-refractivity contribution in [1.29, 1.82) is 0 Å². The number of carbonyl (C=O) groups is 1. The lowest BCUT2D eigenvalue weighted by Gasteiger charge is -2.12. The van der Waals surface area contributed by atoms with E-state index < -0.39 is 0 Å². The molecule has 6 nitrogen and oxygen atoms in total. The number of amides is 1. The molecule has 0 spiro atoms. The van der Waals surface area contributed by atoms with E-state index in [2.05, 4.69) is 34.4 Å². The zero-order valence-electron chi connectivity index (χ0n) is 14.4. The molecule has 0 fully saturated rings. The molecule has 0 atom stereocenters. The Labute approximate surface area is 142 Å². The highest BCUT2D eigenvalue weighted by atomic mass is 16.5. The molecular formula is C18H24N4O2. The maximum absolute atomic E-state index is 12.3. The minimum atomic E-state index is -0.237.